The summed E-state index contributed by atoms with van der Waals surface area (Å²) in [6.07, 6.45) is 0. The lowest BCUT2D eigenvalue weighted by atomic mass is 10.1. The predicted molar refractivity (Wildman–Crippen MR) is 139 cm³/mol. The maximum Gasteiger partial charge on any atom is 0.338 e. The van der Waals surface area contributed by atoms with E-state index in [0.29, 0.717) is 21.2 Å². The molecule has 0 saturated heterocycles. The predicted octanol–water partition coefficient (Wildman–Crippen LogP) is 8.53. The zero-order valence-corrected chi connectivity index (χ0v) is 21.9. The fourth-order valence-electron chi connectivity index (χ4n) is 2.85. The summed E-state index contributed by atoms with van der Waals surface area (Å²) in [5, 5.41) is 11.5. The average molecular weight is 598 g/mol. The standard InChI is InChI=1S/C22H11Cl6NO4S/c23-9-4-5-12(13(24)6-9)14(30)8-34-11-3-1-2-10(7-11)29-21(31)15-16(22(32)33)18(26)20(28)19(27)17(15)25/h1-7H,8H2,(H,29,31)(H,32,33). The molecule has 0 heterocycles. The molecule has 0 saturated carbocycles. The van der Waals surface area contributed by atoms with E-state index in [9.17, 15) is 19.5 Å². The SMILES string of the molecule is O=C(CSc1cccc(NC(=O)c2c(Cl)c(Cl)c(Cl)c(Cl)c2C(=O)O)c1)c1ccc(Cl)cc1Cl. The Morgan fingerprint density at radius 3 is 2.09 bits per heavy atom. The summed E-state index contributed by atoms with van der Waals surface area (Å²) in [4.78, 5) is 37.8. The fourth-order valence-corrected chi connectivity index (χ4v) is 5.22. The first-order chi connectivity index (χ1) is 16.0. The van der Waals surface area contributed by atoms with Crippen molar-refractivity contribution < 1.29 is 19.5 Å². The van der Waals surface area contributed by atoms with Gasteiger partial charge in [0.05, 0.1) is 42.0 Å². The number of carboxylic acids is 1. The Labute approximate surface area is 228 Å². The minimum Gasteiger partial charge on any atom is -0.478 e. The number of Topliss-reactive ketones (excluding diaryl/α,β-unsaturated/α-hetero) is 1. The number of carbonyl (C=O) groups excluding carboxylic acids is 2. The first-order valence-corrected chi connectivity index (χ1v) is 12.4. The lowest BCUT2D eigenvalue weighted by Gasteiger charge is -2.14. The highest BCUT2D eigenvalue weighted by Crippen LogP contribution is 2.42. The summed E-state index contributed by atoms with van der Waals surface area (Å²) in [6, 6.07) is 11.2. The number of ketones is 1. The number of amides is 1. The summed E-state index contributed by atoms with van der Waals surface area (Å²) in [5.41, 5.74) is -0.342. The third-order valence-electron chi connectivity index (χ3n) is 4.40. The monoisotopic (exact) mass is 595 g/mol. The second-order valence-electron chi connectivity index (χ2n) is 6.63. The molecule has 0 unspecified atom stereocenters. The van der Waals surface area contributed by atoms with Gasteiger partial charge >= 0.3 is 5.97 Å². The zero-order valence-electron chi connectivity index (χ0n) is 16.6. The Morgan fingerprint density at radius 1 is 0.824 bits per heavy atom. The van der Waals surface area contributed by atoms with Gasteiger partial charge < -0.3 is 10.4 Å². The Hall–Kier alpha value is -1.64. The van der Waals surface area contributed by atoms with Crippen molar-refractivity contribution in [1.82, 2.24) is 0 Å². The van der Waals surface area contributed by atoms with Crippen molar-refractivity contribution in [2.45, 2.75) is 4.90 Å². The maximum absolute atomic E-state index is 12.9. The van der Waals surface area contributed by atoms with Crippen LogP contribution in [0, 0.1) is 0 Å². The number of carbonyl (C=O) groups is 3. The Balaban J connectivity index is 1.80. The van der Waals surface area contributed by atoms with Crippen molar-refractivity contribution in [3.05, 3.63) is 89.3 Å². The van der Waals surface area contributed by atoms with E-state index in [1.807, 2.05) is 0 Å². The van der Waals surface area contributed by atoms with Crippen molar-refractivity contribution in [2.75, 3.05) is 11.1 Å². The van der Waals surface area contributed by atoms with Crippen molar-refractivity contribution in [3.8, 4) is 0 Å². The molecule has 176 valence electrons. The highest BCUT2D eigenvalue weighted by Gasteiger charge is 2.29. The minimum absolute atomic E-state index is 0.0795. The molecule has 0 spiro atoms. The van der Waals surface area contributed by atoms with Crippen molar-refractivity contribution in [1.29, 1.82) is 0 Å². The van der Waals surface area contributed by atoms with Gasteiger partial charge in [-0.15, -0.1) is 11.8 Å². The first-order valence-electron chi connectivity index (χ1n) is 9.13. The second kappa shape index (κ2) is 11.4. The molecule has 3 rings (SSSR count). The molecule has 3 aromatic rings. The van der Waals surface area contributed by atoms with Crippen molar-refractivity contribution in [2.24, 2.45) is 0 Å². The number of thioether (sulfide) groups is 1. The van der Waals surface area contributed by atoms with Gasteiger partial charge in [-0.05, 0) is 36.4 Å². The van der Waals surface area contributed by atoms with Gasteiger partial charge in [0, 0.05) is 21.2 Å². The van der Waals surface area contributed by atoms with E-state index in [0.717, 1.165) is 0 Å². The normalized spacial score (nSPS) is 10.8. The number of hydrogen-bond donors (Lipinski definition) is 2. The molecular weight excluding hydrogens is 587 g/mol. The van der Waals surface area contributed by atoms with Gasteiger partial charge in [-0.3, -0.25) is 9.59 Å². The number of benzene rings is 3. The largest absolute Gasteiger partial charge is 0.478 e. The number of rotatable bonds is 7. The summed E-state index contributed by atoms with van der Waals surface area (Å²) >= 11 is 37.2. The van der Waals surface area contributed by atoms with Crippen LogP contribution in [-0.4, -0.2) is 28.5 Å². The van der Waals surface area contributed by atoms with Crippen LogP contribution >= 0.6 is 81.4 Å². The number of nitrogens with one attached hydrogen (secondary N) is 1. The van der Waals surface area contributed by atoms with Gasteiger partial charge in [-0.2, -0.15) is 0 Å². The van der Waals surface area contributed by atoms with Gasteiger partial charge in [0.2, 0.25) is 0 Å². The Morgan fingerprint density at radius 2 is 1.47 bits per heavy atom. The van der Waals surface area contributed by atoms with Gasteiger partial charge in [-0.25, -0.2) is 4.79 Å². The van der Waals surface area contributed by atoms with E-state index in [2.05, 4.69) is 5.32 Å². The molecule has 0 atom stereocenters. The van der Waals surface area contributed by atoms with Gasteiger partial charge in [-0.1, -0.05) is 75.7 Å². The summed E-state index contributed by atoms with van der Waals surface area (Å²) < 4.78 is 0. The van der Waals surface area contributed by atoms with Crippen LogP contribution in [0.3, 0.4) is 0 Å². The smallest absolute Gasteiger partial charge is 0.338 e. The molecule has 0 fully saturated rings. The molecule has 34 heavy (non-hydrogen) atoms. The molecule has 1 amide bonds. The number of anilines is 1. The molecule has 0 aliphatic carbocycles. The Bertz CT molecular complexity index is 1330. The van der Waals surface area contributed by atoms with Crippen LogP contribution in [0.4, 0.5) is 5.69 Å². The van der Waals surface area contributed by atoms with Gasteiger partial charge in [0.25, 0.3) is 5.91 Å². The number of aromatic carboxylic acids is 1. The molecule has 0 aromatic heterocycles. The van der Waals surface area contributed by atoms with Crippen LogP contribution in [0.2, 0.25) is 30.1 Å². The lowest BCUT2D eigenvalue weighted by molar-refractivity contribution is 0.0692. The number of carboxylic acid groups (broad SMARTS) is 1. The third kappa shape index (κ3) is 5.94. The number of hydrogen-bond acceptors (Lipinski definition) is 4. The first kappa shape index (κ1) is 27.0. The topological polar surface area (TPSA) is 83.5 Å². The Kier molecular flexibility index (Phi) is 9.04. The molecule has 0 aliphatic heterocycles. The van der Waals surface area contributed by atoms with Crippen LogP contribution in [0.1, 0.15) is 31.1 Å². The maximum atomic E-state index is 12.9. The highest BCUT2D eigenvalue weighted by atomic mass is 35.5. The molecule has 12 heteroatoms. The van der Waals surface area contributed by atoms with Crippen LogP contribution in [0.5, 0.6) is 0 Å². The summed E-state index contributed by atoms with van der Waals surface area (Å²) in [6.45, 7) is 0. The third-order valence-corrected chi connectivity index (χ3v) is 7.75. The molecular formula is C22H11Cl6NO4S. The minimum atomic E-state index is -1.50. The molecule has 0 bridgehead atoms. The molecule has 0 radical (unpaired) electrons. The molecule has 5 nitrogen and oxygen atoms in total. The highest BCUT2D eigenvalue weighted by molar-refractivity contribution is 8.00. The van der Waals surface area contributed by atoms with E-state index >= 15 is 0 Å². The fraction of sp³-hybridized carbons (Fsp3) is 0.0455. The second-order valence-corrected chi connectivity index (χ2v) is 10.0. The van der Waals surface area contributed by atoms with Gasteiger partial charge in [0.15, 0.2) is 5.78 Å². The zero-order chi connectivity index (χ0) is 25.2. The summed E-state index contributed by atoms with van der Waals surface area (Å²) in [5.74, 6) is -2.48. The van der Waals surface area contributed by atoms with Crippen LogP contribution in [-0.2, 0) is 0 Å². The quantitative estimate of drug-likeness (QED) is 0.123. The van der Waals surface area contributed by atoms with E-state index in [4.69, 9.17) is 69.6 Å². The number of halogens is 6. The summed E-state index contributed by atoms with van der Waals surface area (Å²) in [7, 11) is 0. The van der Waals surface area contributed by atoms with Crippen molar-refractivity contribution >= 4 is 105 Å². The van der Waals surface area contributed by atoms with Crippen LogP contribution in [0.25, 0.3) is 0 Å². The van der Waals surface area contributed by atoms with E-state index in [-0.39, 0.29) is 31.6 Å². The van der Waals surface area contributed by atoms with E-state index in [1.54, 1.807) is 36.4 Å². The average Bonchev–Trinajstić information content (AvgIpc) is 2.78. The molecule has 2 N–H and O–H groups in total. The van der Waals surface area contributed by atoms with E-state index < -0.39 is 28.0 Å². The van der Waals surface area contributed by atoms with Crippen LogP contribution < -0.4 is 5.32 Å². The van der Waals surface area contributed by atoms with E-state index in [1.165, 1.54) is 17.8 Å². The van der Waals surface area contributed by atoms with Crippen molar-refractivity contribution in [3.63, 3.8) is 0 Å². The van der Waals surface area contributed by atoms with Gasteiger partial charge in [0.1, 0.15) is 0 Å². The molecule has 3 aromatic carbocycles. The molecule has 0 aliphatic rings. The lowest BCUT2D eigenvalue weighted by Crippen LogP contribution is -2.18. The van der Waals surface area contributed by atoms with Crippen LogP contribution in [0.15, 0.2) is 47.4 Å².